The summed E-state index contributed by atoms with van der Waals surface area (Å²) in [5, 5.41) is 19.2. The Morgan fingerprint density at radius 2 is 1.78 bits per heavy atom. The van der Waals surface area contributed by atoms with E-state index in [-0.39, 0.29) is 0 Å². The third-order valence-corrected chi connectivity index (χ3v) is 5.52. The smallest absolute Gasteiger partial charge is 0.231 e. The van der Waals surface area contributed by atoms with Crippen molar-refractivity contribution in [1.29, 1.82) is 0 Å². The lowest BCUT2D eigenvalue weighted by Gasteiger charge is -2.29. The number of nitrogens with zero attached hydrogens (tertiary/aromatic N) is 5. The first kappa shape index (κ1) is 22.3. The maximum Gasteiger partial charge on any atom is 0.231 e. The topological polar surface area (TPSA) is 84.0 Å². The second-order valence-corrected chi connectivity index (χ2v) is 7.88. The molecular weight excluding hydrogens is 410 g/mol. The summed E-state index contributed by atoms with van der Waals surface area (Å²) in [7, 11) is 0. The van der Waals surface area contributed by atoms with E-state index in [0.717, 1.165) is 67.5 Å². The number of anilines is 1. The molecule has 0 bridgehead atoms. The summed E-state index contributed by atoms with van der Waals surface area (Å²) in [4.78, 5) is 4.48. The molecule has 1 aromatic heterocycles. The molecule has 32 heavy (non-hydrogen) atoms. The minimum absolute atomic E-state index is 0.305. The van der Waals surface area contributed by atoms with E-state index in [1.165, 1.54) is 0 Å². The van der Waals surface area contributed by atoms with Crippen LogP contribution in [0.2, 0.25) is 0 Å². The number of hydrogen-bond acceptors (Lipinski definition) is 8. The molecule has 0 aliphatic carbocycles. The number of benzene rings is 1. The van der Waals surface area contributed by atoms with Crippen LogP contribution in [0.1, 0.15) is 11.1 Å². The molecule has 0 atom stereocenters. The predicted molar refractivity (Wildman–Crippen MR) is 122 cm³/mol. The molecule has 4 rings (SSSR count). The molecule has 9 nitrogen and oxygen atoms in total. The van der Waals surface area contributed by atoms with Crippen LogP contribution in [0.25, 0.3) is 0 Å². The van der Waals surface area contributed by atoms with Gasteiger partial charge in [0.1, 0.15) is 6.61 Å². The predicted octanol–water partition coefficient (Wildman–Crippen LogP) is 1.52. The molecule has 2 saturated heterocycles. The van der Waals surface area contributed by atoms with Crippen molar-refractivity contribution < 1.29 is 19.4 Å². The lowest BCUT2D eigenvalue weighted by Crippen LogP contribution is -2.39. The Morgan fingerprint density at radius 3 is 2.53 bits per heavy atom. The van der Waals surface area contributed by atoms with Crippen molar-refractivity contribution in [3.63, 3.8) is 0 Å². The van der Waals surface area contributed by atoms with Crippen LogP contribution >= 0.6 is 0 Å². The van der Waals surface area contributed by atoms with E-state index in [2.05, 4.69) is 20.0 Å². The Balaban J connectivity index is 1.55. The molecule has 2 aliphatic heterocycles. The van der Waals surface area contributed by atoms with E-state index in [9.17, 15) is 5.21 Å². The van der Waals surface area contributed by atoms with E-state index < -0.39 is 0 Å². The monoisotopic (exact) mass is 441 g/mol. The molecule has 1 aromatic carbocycles. The Morgan fingerprint density at radius 1 is 1.03 bits per heavy atom. The molecular formula is C23H31N5O4. The van der Waals surface area contributed by atoms with Crippen molar-refractivity contribution in [2.45, 2.75) is 6.92 Å². The highest BCUT2D eigenvalue weighted by Crippen LogP contribution is 2.19. The quantitative estimate of drug-likeness (QED) is 0.399. The van der Waals surface area contributed by atoms with E-state index in [0.29, 0.717) is 31.2 Å². The first-order valence-electron chi connectivity index (χ1n) is 11.0. The van der Waals surface area contributed by atoms with Crippen LogP contribution in [0.4, 0.5) is 5.69 Å². The third kappa shape index (κ3) is 6.09. The molecule has 0 spiro atoms. The highest BCUT2D eigenvalue weighted by atomic mass is 16.6. The molecule has 2 aromatic rings. The zero-order chi connectivity index (χ0) is 22.2. The van der Waals surface area contributed by atoms with Crippen molar-refractivity contribution in [1.82, 2.24) is 9.63 Å². The van der Waals surface area contributed by atoms with Crippen molar-refractivity contribution >= 4 is 11.9 Å². The Kier molecular flexibility index (Phi) is 7.76. The van der Waals surface area contributed by atoms with Crippen LogP contribution < -0.4 is 15.1 Å². The summed E-state index contributed by atoms with van der Waals surface area (Å²) in [5.74, 6) is 0.340. The van der Waals surface area contributed by atoms with Gasteiger partial charge in [-0.1, -0.05) is 29.8 Å². The maximum absolute atomic E-state index is 10.7. The van der Waals surface area contributed by atoms with Crippen LogP contribution in [0.5, 0.6) is 5.88 Å². The fraction of sp³-hybridized carbons (Fsp3) is 0.478. The molecule has 2 aliphatic rings. The van der Waals surface area contributed by atoms with Gasteiger partial charge in [-0.25, -0.2) is 0 Å². The van der Waals surface area contributed by atoms with Gasteiger partial charge in [0, 0.05) is 50.5 Å². The van der Waals surface area contributed by atoms with Crippen molar-refractivity contribution in [2.75, 3.05) is 70.7 Å². The maximum atomic E-state index is 10.7. The van der Waals surface area contributed by atoms with E-state index in [1.54, 1.807) is 6.21 Å². The molecule has 172 valence electrons. The number of pyridine rings is 1. The summed E-state index contributed by atoms with van der Waals surface area (Å²) in [6.07, 6.45) is 1.67. The van der Waals surface area contributed by atoms with Gasteiger partial charge in [-0.15, -0.1) is 9.83 Å². The zero-order valence-electron chi connectivity index (χ0n) is 18.5. The average molecular weight is 442 g/mol. The van der Waals surface area contributed by atoms with Crippen LogP contribution in [-0.4, -0.2) is 86.8 Å². The summed E-state index contributed by atoms with van der Waals surface area (Å²) < 4.78 is 17.8. The van der Waals surface area contributed by atoms with Gasteiger partial charge in [0.2, 0.25) is 5.88 Å². The van der Waals surface area contributed by atoms with Crippen LogP contribution in [0, 0.1) is 6.92 Å². The number of aryl methyl sites for hydroxylation is 1. The van der Waals surface area contributed by atoms with Crippen molar-refractivity contribution in [2.24, 2.45) is 10.2 Å². The average Bonchev–Trinajstić information content (AvgIpc) is 2.82. The van der Waals surface area contributed by atoms with Gasteiger partial charge >= 0.3 is 0 Å². The van der Waals surface area contributed by atoms with Crippen LogP contribution in [0.3, 0.4) is 0 Å². The summed E-state index contributed by atoms with van der Waals surface area (Å²) in [6.45, 7) is 9.41. The highest BCUT2D eigenvalue weighted by Gasteiger charge is 2.16. The number of aromatic nitrogens is 1. The third-order valence-electron chi connectivity index (χ3n) is 5.52. The highest BCUT2D eigenvalue weighted by molar-refractivity contribution is 5.79. The van der Waals surface area contributed by atoms with Gasteiger partial charge in [0.25, 0.3) is 0 Å². The molecule has 0 unspecified atom stereocenters. The fourth-order valence-electron chi connectivity index (χ4n) is 3.72. The first-order valence-corrected chi connectivity index (χ1v) is 11.0. The van der Waals surface area contributed by atoms with Gasteiger partial charge in [-0.3, -0.25) is 4.90 Å². The van der Waals surface area contributed by atoms with Gasteiger partial charge in [0.15, 0.2) is 5.49 Å². The van der Waals surface area contributed by atoms with Gasteiger partial charge in [0.05, 0.1) is 32.6 Å². The second-order valence-electron chi connectivity index (χ2n) is 7.88. The lowest BCUT2D eigenvalue weighted by atomic mass is 10.2. The van der Waals surface area contributed by atoms with Crippen LogP contribution in [-0.2, 0) is 9.47 Å². The Hall–Kier alpha value is -2.88. The van der Waals surface area contributed by atoms with Crippen molar-refractivity contribution in [3.05, 3.63) is 53.0 Å². The summed E-state index contributed by atoms with van der Waals surface area (Å²) in [5.41, 5.74) is 3.32. The van der Waals surface area contributed by atoms with Crippen molar-refractivity contribution in [3.8, 4) is 5.88 Å². The fourth-order valence-corrected chi connectivity index (χ4v) is 3.72. The molecule has 0 amide bonds. The molecule has 0 radical (unpaired) electrons. The van der Waals surface area contributed by atoms with Gasteiger partial charge < -0.3 is 24.3 Å². The van der Waals surface area contributed by atoms with E-state index in [4.69, 9.17) is 14.2 Å². The first-order chi connectivity index (χ1) is 15.7. The standard InChI is InChI=1S/C23H31N5O4/c1-19-3-2-4-20(15-19)18-24-25-22-16-21(27-8-12-31-13-9-27)17-23(28(22)29)32-14-7-26-5-10-30-11-6-26/h2-4,15-18,29H,5-14H2,1H3/b24-18+,25-22?. The largest absolute Gasteiger partial charge is 0.475 e. The number of rotatable bonds is 7. The normalized spacial score (nSPS) is 18.4. The number of hydrogen-bond donors (Lipinski definition) is 1. The molecule has 2 fully saturated rings. The minimum Gasteiger partial charge on any atom is -0.475 e. The van der Waals surface area contributed by atoms with Gasteiger partial charge in [-0.05, 0) is 12.5 Å². The lowest BCUT2D eigenvalue weighted by molar-refractivity contribution is 0.0297. The molecule has 1 N–H and O–H groups in total. The number of ether oxygens (including phenoxy) is 3. The number of morpholine rings is 2. The minimum atomic E-state index is 0.305. The Bertz CT molecular complexity index is 979. The molecule has 9 heteroatoms. The second kappa shape index (κ2) is 11.1. The van der Waals surface area contributed by atoms with E-state index in [1.807, 2.05) is 43.3 Å². The van der Waals surface area contributed by atoms with E-state index >= 15 is 0 Å². The zero-order valence-corrected chi connectivity index (χ0v) is 18.5. The molecule has 0 saturated carbocycles. The van der Waals surface area contributed by atoms with Crippen LogP contribution in [0.15, 0.2) is 46.6 Å². The SMILES string of the molecule is Cc1cccc(/C=N/N=c2cc(N3CCOCC3)cc(OCCN3CCOCC3)n2O)c1. The summed E-state index contributed by atoms with van der Waals surface area (Å²) in [6, 6.07) is 11.6. The Labute approximate surface area is 188 Å². The summed E-state index contributed by atoms with van der Waals surface area (Å²) >= 11 is 0. The molecule has 3 heterocycles. The van der Waals surface area contributed by atoms with Gasteiger partial charge in [-0.2, -0.15) is 5.10 Å².